The topological polar surface area (TPSA) is 82.2 Å². The average molecular weight is 429 g/mol. The molecule has 29 heavy (non-hydrogen) atoms. The average Bonchev–Trinajstić information content (AvgIpc) is 2.66. The van der Waals surface area contributed by atoms with Gasteiger partial charge in [-0.3, -0.25) is 9.69 Å². The number of hydrogen-bond acceptors (Lipinski definition) is 5. The Balaban J connectivity index is 1.56. The van der Waals surface area contributed by atoms with Gasteiger partial charge >= 0.3 is 0 Å². The molecular formula is C19H29FN4O4S. The fourth-order valence-electron chi connectivity index (χ4n) is 3.78. The van der Waals surface area contributed by atoms with Crippen LogP contribution in [0.4, 0.5) is 10.1 Å². The van der Waals surface area contributed by atoms with Gasteiger partial charge in [-0.25, -0.2) is 4.39 Å². The second-order valence-electron chi connectivity index (χ2n) is 7.69. The van der Waals surface area contributed by atoms with E-state index in [0.29, 0.717) is 45.0 Å². The molecule has 1 aromatic carbocycles. The van der Waals surface area contributed by atoms with E-state index in [4.69, 9.17) is 4.74 Å². The molecule has 2 fully saturated rings. The quantitative estimate of drug-likeness (QED) is 0.760. The van der Waals surface area contributed by atoms with E-state index in [1.807, 2.05) is 18.7 Å². The van der Waals surface area contributed by atoms with E-state index in [0.717, 1.165) is 0 Å². The SMILES string of the molecule is CC1CN(S(=O)(=O)N2CCN(C(C)C(=O)Nc3cccc(F)c3)CC2)CC(C)O1. The van der Waals surface area contributed by atoms with Gasteiger partial charge in [0, 0.05) is 45.0 Å². The maximum Gasteiger partial charge on any atom is 0.282 e. The first-order valence-electron chi connectivity index (χ1n) is 9.88. The lowest BCUT2D eigenvalue weighted by molar-refractivity contribution is -0.121. The van der Waals surface area contributed by atoms with Crippen LogP contribution in [-0.4, -0.2) is 85.4 Å². The lowest BCUT2D eigenvalue weighted by Crippen LogP contribution is -2.58. The minimum Gasteiger partial charge on any atom is -0.373 e. The molecule has 2 aliphatic heterocycles. The van der Waals surface area contributed by atoms with Crippen molar-refractivity contribution in [2.75, 3.05) is 44.6 Å². The lowest BCUT2D eigenvalue weighted by atomic mass is 10.2. The monoisotopic (exact) mass is 428 g/mol. The molecule has 0 aromatic heterocycles. The molecule has 3 rings (SSSR count). The molecule has 1 amide bonds. The molecule has 8 nitrogen and oxygen atoms in total. The summed E-state index contributed by atoms with van der Waals surface area (Å²) in [5, 5.41) is 2.71. The summed E-state index contributed by atoms with van der Waals surface area (Å²) in [6.45, 7) is 7.74. The zero-order chi connectivity index (χ0) is 21.2. The molecule has 3 unspecified atom stereocenters. The fourth-order valence-corrected chi connectivity index (χ4v) is 5.53. The number of amides is 1. The highest BCUT2D eigenvalue weighted by Crippen LogP contribution is 2.20. The van der Waals surface area contributed by atoms with Gasteiger partial charge in [0.25, 0.3) is 10.2 Å². The third kappa shape index (κ3) is 5.32. The van der Waals surface area contributed by atoms with Crippen LogP contribution < -0.4 is 5.32 Å². The van der Waals surface area contributed by atoms with Gasteiger partial charge in [0.05, 0.1) is 18.2 Å². The number of benzene rings is 1. The summed E-state index contributed by atoms with van der Waals surface area (Å²) in [7, 11) is -3.56. The van der Waals surface area contributed by atoms with Gasteiger partial charge in [-0.15, -0.1) is 0 Å². The van der Waals surface area contributed by atoms with Crippen molar-refractivity contribution < 1.29 is 22.3 Å². The summed E-state index contributed by atoms with van der Waals surface area (Å²) in [5.74, 6) is -0.663. The van der Waals surface area contributed by atoms with Crippen LogP contribution in [0.15, 0.2) is 24.3 Å². The van der Waals surface area contributed by atoms with Crippen LogP contribution >= 0.6 is 0 Å². The molecule has 0 saturated carbocycles. The van der Waals surface area contributed by atoms with E-state index in [1.165, 1.54) is 26.8 Å². The standard InChI is InChI=1S/C19H29FN4O4S/c1-14-12-24(13-15(2)28-14)29(26,27)23-9-7-22(8-10-23)16(3)19(25)21-18-6-4-5-17(20)11-18/h4-6,11,14-16H,7-10,12-13H2,1-3H3,(H,21,25). The number of carbonyl (C=O) groups excluding carboxylic acids is 1. The zero-order valence-corrected chi connectivity index (χ0v) is 17.9. The number of hydrogen-bond donors (Lipinski definition) is 1. The molecule has 2 saturated heterocycles. The van der Waals surface area contributed by atoms with Crippen LogP contribution in [0.3, 0.4) is 0 Å². The van der Waals surface area contributed by atoms with Gasteiger partial charge in [-0.2, -0.15) is 17.0 Å². The van der Waals surface area contributed by atoms with E-state index in [1.54, 1.807) is 13.0 Å². The maximum atomic E-state index is 13.3. The Morgan fingerprint density at radius 1 is 1.14 bits per heavy atom. The van der Waals surface area contributed by atoms with Gasteiger partial charge < -0.3 is 10.1 Å². The first kappa shape index (κ1) is 22.1. The highest BCUT2D eigenvalue weighted by molar-refractivity contribution is 7.86. The maximum absolute atomic E-state index is 13.3. The van der Waals surface area contributed by atoms with Gasteiger partial charge in [0.1, 0.15) is 5.82 Å². The molecule has 3 atom stereocenters. The second kappa shape index (κ2) is 9.05. The van der Waals surface area contributed by atoms with Crippen molar-refractivity contribution in [2.45, 2.75) is 39.0 Å². The van der Waals surface area contributed by atoms with Crippen LogP contribution in [-0.2, 0) is 19.7 Å². The number of rotatable bonds is 5. The van der Waals surface area contributed by atoms with Gasteiger partial charge in [-0.05, 0) is 39.0 Å². The molecule has 2 aliphatic rings. The Labute approximate surface area is 171 Å². The number of anilines is 1. The summed E-state index contributed by atoms with van der Waals surface area (Å²) in [6, 6.07) is 5.29. The second-order valence-corrected chi connectivity index (χ2v) is 9.62. The third-order valence-corrected chi connectivity index (χ3v) is 7.30. The Kier molecular flexibility index (Phi) is 6.90. The summed E-state index contributed by atoms with van der Waals surface area (Å²) < 4.78 is 47.8. The third-order valence-electron chi connectivity index (χ3n) is 5.33. The Hall–Kier alpha value is -1.59. The molecule has 1 aromatic rings. The van der Waals surface area contributed by atoms with Crippen LogP contribution in [0.25, 0.3) is 0 Å². The molecule has 0 bridgehead atoms. The highest BCUT2D eigenvalue weighted by atomic mass is 32.2. The van der Waals surface area contributed by atoms with Crippen molar-refractivity contribution in [3.8, 4) is 0 Å². The largest absolute Gasteiger partial charge is 0.373 e. The zero-order valence-electron chi connectivity index (χ0n) is 17.0. The number of nitrogens with zero attached hydrogens (tertiary/aromatic N) is 3. The normalized spacial score (nSPS) is 26.2. The van der Waals surface area contributed by atoms with E-state index in [2.05, 4.69) is 5.32 Å². The molecule has 2 heterocycles. The predicted molar refractivity (Wildman–Crippen MR) is 108 cm³/mol. The van der Waals surface area contributed by atoms with Crippen LogP contribution in [0.1, 0.15) is 20.8 Å². The first-order valence-corrected chi connectivity index (χ1v) is 11.3. The number of halogens is 1. The van der Waals surface area contributed by atoms with Crippen molar-refractivity contribution >= 4 is 21.8 Å². The number of nitrogens with one attached hydrogen (secondary N) is 1. The van der Waals surface area contributed by atoms with Gasteiger partial charge in [-0.1, -0.05) is 6.07 Å². The highest BCUT2D eigenvalue weighted by Gasteiger charge is 2.37. The van der Waals surface area contributed by atoms with E-state index in [-0.39, 0.29) is 18.1 Å². The summed E-state index contributed by atoms with van der Waals surface area (Å²) in [5.41, 5.74) is 0.402. The van der Waals surface area contributed by atoms with Crippen LogP contribution in [0.2, 0.25) is 0 Å². The fraction of sp³-hybridized carbons (Fsp3) is 0.632. The van der Waals surface area contributed by atoms with Gasteiger partial charge in [0.2, 0.25) is 5.91 Å². The minimum absolute atomic E-state index is 0.138. The first-order chi connectivity index (χ1) is 13.7. The smallest absolute Gasteiger partial charge is 0.282 e. The lowest BCUT2D eigenvalue weighted by Gasteiger charge is -2.41. The predicted octanol–water partition coefficient (Wildman–Crippen LogP) is 1.12. The minimum atomic E-state index is -3.56. The number of piperazine rings is 1. The Morgan fingerprint density at radius 2 is 1.76 bits per heavy atom. The molecule has 10 heteroatoms. The van der Waals surface area contributed by atoms with Crippen LogP contribution in [0, 0.1) is 5.82 Å². The Bertz CT molecular complexity index is 819. The van der Waals surface area contributed by atoms with Crippen molar-refractivity contribution in [2.24, 2.45) is 0 Å². The van der Waals surface area contributed by atoms with Crippen LogP contribution in [0.5, 0.6) is 0 Å². The summed E-state index contributed by atoms with van der Waals surface area (Å²) in [4.78, 5) is 14.4. The van der Waals surface area contributed by atoms with Crippen molar-refractivity contribution in [3.05, 3.63) is 30.1 Å². The van der Waals surface area contributed by atoms with E-state index < -0.39 is 22.1 Å². The number of ether oxygens (including phenoxy) is 1. The molecule has 1 N–H and O–H groups in total. The number of morpholine rings is 1. The van der Waals surface area contributed by atoms with E-state index >= 15 is 0 Å². The molecular weight excluding hydrogens is 399 g/mol. The number of carbonyl (C=O) groups is 1. The van der Waals surface area contributed by atoms with Crippen molar-refractivity contribution in [3.63, 3.8) is 0 Å². The molecule has 0 spiro atoms. The molecule has 162 valence electrons. The van der Waals surface area contributed by atoms with Crippen molar-refractivity contribution in [1.82, 2.24) is 13.5 Å². The molecule has 0 radical (unpaired) electrons. The van der Waals surface area contributed by atoms with Gasteiger partial charge in [0.15, 0.2) is 0 Å². The van der Waals surface area contributed by atoms with E-state index in [9.17, 15) is 17.6 Å². The Morgan fingerprint density at radius 3 is 2.34 bits per heavy atom. The molecule has 0 aliphatic carbocycles. The summed E-state index contributed by atoms with van der Waals surface area (Å²) >= 11 is 0. The summed E-state index contributed by atoms with van der Waals surface area (Å²) in [6.07, 6.45) is -0.275. The van der Waals surface area contributed by atoms with Crippen molar-refractivity contribution in [1.29, 1.82) is 0 Å².